The van der Waals surface area contributed by atoms with Gasteiger partial charge in [0, 0.05) is 60.5 Å². The van der Waals surface area contributed by atoms with Crippen molar-refractivity contribution in [2.45, 2.75) is 131 Å². The summed E-state index contributed by atoms with van der Waals surface area (Å²) in [7, 11) is 0. The Morgan fingerprint density at radius 1 is 0.562 bits per heavy atom. The van der Waals surface area contributed by atoms with Crippen LogP contribution in [0.4, 0.5) is 9.59 Å². The molecule has 4 aliphatic rings. The number of aromatic amines is 2. The van der Waals surface area contributed by atoms with Crippen molar-refractivity contribution in [3.63, 3.8) is 0 Å². The molecule has 14 heteroatoms. The average Bonchev–Trinajstić information content (AvgIpc) is 3.99. The maximum atomic E-state index is 14.1. The summed E-state index contributed by atoms with van der Waals surface area (Å²) in [5.74, 6) is 0.619. The van der Waals surface area contributed by atoms with E-state index in [2.05, 4.69) is 86.4 Å². The van der Waals surface area contributed by atoms with Crippen molar-refractivity contribution in [1.82, 2.24) is 40.4 Å². The Kier molecular flexibility index (Phi) is 11.3. The van der Waals surface area contributed by atoms with Gasteiger partial charge in [-0.2, -0.15) is 0 Å². The number of rotatable bonds is 13. The molecule has 2 aliphatic carbocycles. The summed E-state index contributed by atoms with van der Waals surface area (Å²) >= 11 is 0. The van der Waals surface area contributed by atoms with E-state index in [1.165, 1.54) is 0 Å². The number of nitrogens with one attached hydrogen (secondary N) is 4. The summed E-state index contributed by atoms with van der Waals surface area (Å²) in [6.45, 7) is 22.4. The lowest BCUT2D eigenvalue weighted by atomic mass is 9.82. The number of nitrogens with zero attached hydrogens (tertiary/aromatic N) is 4. The molecule has 2 aromatic heterocycles. The van der Waals surface area contributed by atoms with Crippen molar-refractivity contribution in [2.24, 2.45) is 21.7 Å². The number of amides is 4. The van der Waals surface area contributed by atoms with E-state index in [1.54, 1.807) is 23.6 Å². The molecule has 4 aromatic rings. The third-order valence-electron chi connectivity index (χ3n) is 14.7. The van der Waals surface area contributed by atoms with Crippen LogP contribution in [0.2, 0.25) is 0 Å². The molecule has 2 unspecified atom stereocenters. The second-order valence-electron chi connectivity index (χ2n) is 21.6. The molecule has 4 fully saturated rings. The van der Waals surface area contributed by atoms with Crippen LogP contribution in [0.15, 0.2) is 60.9 Å². The summed E-state index contributed by atoms with van der Waals surface area (Å²) in [5.41, 5.74) is 1.11. The zero-order valence-corrected chi connectivity index (χ0v) is 39.2. The van der Waals surface area contributed by atoms with Gasteiger partial charge in [0.2, 0.25) is 0 Å². The van der Waals surface area contributed by atoms with Gasteiger partial charge in [0.1, 0.15) is 11.6 Å². The number of H-pyrrole nitrogens is 2. The first-order valence-electron chi connectivity index (χ1n) is 22.9. The van der Waals surface area contributed by atoms with E-state index in [9.17, 15) is 19.2 Å². The number of carbonyl (C=O) groups excluding carboxylic acids is 4. The molecule has 64 heavy (non-hydrogen) atoms. The van der Waals surface area contributed by atoms with Crippen LogP contribution in [0, 0.1) is 21.7 Å². The zero-order valence-electron chi connectivity index (χ0n) is 39.2. The summed E-state index contributed by atoms with van der Waals surface area (Å²) in [5, 5.41) is 6.46. The van der Waals surface area contributed by atoms with E-state index >= 15 is 0 Å². The van der Waals surface area contributed by atoms with Crippen LogP contribution >= 0.6 is 0 Å². The number of carbonyl (C=O) groups is 4. The Morgan fingerprint density at radius 3 is 1.14 bits per heavy atom. The van der Waals surface area contributed by atoms with Gasteiger partial charge in [0.05, 0.1) is 23.5 Å². The number of hydrogen-bond donors (Lipinski definition) is 4. The number of hydrogen-bond acceptors (Lipinski definition) is 8. The van der Waals surface area contributed by atoms with Gasteiger partial charge < -0.3 is 39.9 Å². The minimum absolute atomic E-state index is 0.315. The Balaban J connectivity index is 0.938. The lowest BCUT2D eigenvalue weighted by Gasteiger charge is -2.40. The number of ether oxygens (including phenoxy) is 2. The fraction of sp³-hybridized carbons (Fsp3) is 0.560. The maximum Gasteiger partial charge on any atom is 0.410 e. The highest BCUT2D eigenvalue weighted by molar-refractivity contribution is 5.90. The molecular formula is C50H66N8O6. The van der Waals surface area contributed by atoms with Crippen LogP contribution in [0.5, 0.6) is 0 Å². The average molecular weight is 875 g/mol. The normalized spacial score (nSPS) is 20.3. The molecule has 0 radical (unpaired) electrons. The summed E-state index contributed by atoms with van der Waals surface area (Å²) in [4.78, 5) is 74.1. The van der Waals surface area contributed by atoms with Crippen molar-refractivity contribution in [2.75, 3.05) is 26.2 Å². The third-order valence-corrected chi connectivity index (χ3v) is 14.7. The van der Waals surface area contributed by atoms with Crippen LogP contribution in [0.3, 0.4) is 0 Å². The van der Waals surface area contributed by atoms with Crippen molar-refractivity contribution in [3.8, 4) is 33.6 Å². The smallest absolute Gasteiger partial charge is 0.410 e. The Hall–Kier alpha value is -5.66. The topological polar surface area (TPSA) is 175 Å². The van der Waals surface area contributed by atoms with E-state index in [4.69, 9.17) is 19.4 Å². The summed E-state index contributed by atoms with van der Waals surface area (Å²) in [6.07, 6.45) is 7.96. The molecule has 4 N–H and O–H groups in total. The molecule has 2 aliphatic heterocycles. The van der Waals surface area contributed by atoms with E-state index in [0.29, 0.717) is 37.8 Å². The first-order valence-corrected chi connectivity index (χ1v) is 22.9. The monoisotopic (exact) mass is 875 g/mol. The maximum absolute atomic E-state index is 14.1. The van der Waals surface area contributed by atoms with Crippen LogP contribution in [-0.4, -0.2) is 91.1 Å². The molecule has 4 heterocycles. The van der Waals surface area contributed by atoms with E-state index in [0.717, 1.165) is 72.2 Å². The first kappa shape index (κ1) is 44.9. The minimum atomic E-state index is -1.31. The Labute approximate surface area is 377 Å². The molecule has 2 saturated carbocycles. The van der Waals surface area contributed by atoms with Gasteiger partial charge in [-0.1, -0.05) is 104 Å². The highest BCUT2D eigenvalue weighted by Gasteiger charge is 2.62. The first-order chi connectivity index (χ1) is 30.0. The lowest BCUT2D eigenvalue weighted by molar-refractivity contribution is -0.149. The standard InChI is InChI=1S/C50H66N8O6/c1-45(2,3)37(55-41(59)49(9,47(7)21-22-47)63-43(61)57-25-11-26-57)39-51-29-35(53-39)33-17-13-31(14-18-33)32-15-19-34(20-16-32)36-30-52-40(54-36)38(46(4,5)6)56-42(60)50(10,48(8)23-24-48)64-44(62)58-27-12-28-58/h13-20,29-30,37-38H,11-12,21-28H2,1-10H3,(H,51,53)(H,52,54)(H,55,59)(H,56,60)/t37-,38-,49?,50?/m1/s1. The van der Waals surface area contributed by atoms with Gasteiger partial charge in [0.25, 0.3) is 11.8 Å². The van der Waals surface area contributed by atoms with Crippen LogP contribution in [0.1, 0.15) is 131 Å². The quantitative estimate of drug-likeness (QED) is 0.103. The number of imidazole rings is 2. The summed E-state index contributed by atoms with van der Waals surface area (Å²) in [6, 6.07) is 15.5. The van der Waals surface area contributed by atoms with Crippen molar-refractivity contribution < 1.29 is 28.7 Å². The number of likely N-dealkylation sites (tertiary alicyclic amines) is 2. The van der Waals surface area contributed by atoms with E-state index in [-0.39, 0.29) is 11.8 Å². The zero-order chi connectivity index (χ0) is 46.0. The third kappa shape index (κ3) is 8.52. The van der Waals surface area contributed by atoms with Crippen molar-refractivity contribution in [3.05, 3.63) is 72.6 Å². The van der Waals surface area contributed by atoms with Gasteiger partial charge >= 0.3 is 12.2 Å². The van der Waals surface area contributed by atoms with Gasteiger partial charge in [-0.3, -0.25) is 9.59 Å². The van der Waals surface area contributed by atoms with E-state index < -0.39 is 57.1 Å². The molecule has 4 atom stereocenters. The van der Waals surface area contributed by atoms with Gasteiger partial charge in [-0.05, 0) is 74.3 Å². The largest absolute Gasteiger partial charge is 0.432 e. The Morgan fingerprint density at radius 2 is 0.875 bits per heavy atom. The molecule has 4 amide bonds. The highest BCUT2D eigenvalue weighted by atomic mass is 16.6. The van der Waals surface area contributed by atoms with E-state index in [1.807, 2.05) is 50.5 Å². The van der Waals surface area contributed by atoms with Gasteiger partial charge in [0.15, 0.2) is 11.2 Å². The van der Waals surface area contributed by atoms with Crippen LogP contribution < -0.4 is 10.6 Å². The fourth-order valence-corrected chi connectivity index (χ4v) is 8.55. The molecule has 0 spiro atoms. The molecule has 0 bridgehead atoms. The van der Waals surface area contributed by atoms with Gasteiger partial charge in [-0.15, -0.1) is 0 Å². The van der Waals surface area contributed by atoms with Crippen molar-refractivity contribution in [1.29, 1.82) is 0 Å². The molecule has 2 saturated heterocycles. The molecular weight excluding hydrogens is 809 g/mol. The summed E-state index contributed by atoms with van der Waals surface area (Å²) < 4.78 is 12.0. The SMILES string of the molecule is CC(C)(C)[C@H](NC(=O)C(C)(OC(=O)N1CCC1)C1(C)CC1)c1nc(-c2ccc(-c3ccc(-c4c[nH]c([C@@H](NC(=O)C(C)(OC(=O)N5CCC5)C5(C)CC5)C(C)(C)C)n4)cc3)cc2)c[nH]1. The minimum Gasteiger partial charge on any atom is -0.432 e. The molecule has 8 rings (SSSR count). The Bertz CT molecular complexity index is 2220. The molecule has 2 aromatic carbocycles. The second kappa shape index (κ2) is 16.1. The number of aromatic nitrogens is 4. The highest BCUT2D eigenvalue weighted by Crippen LogP contribution is 2.57. The van der Waals surface area contributed by atoms with Crippen LogP contribution in [0.25, 0.3) is 33.6 Å². The van der Waals surface area contributed by atoms with Gasteiger partial charge in [-0.25, -0.2) is 19.6 Å². The van der Waals surface area contributed by atoms with Crippen molar-refractivity contribution >= 4 is 24.0 Å². The molecule has 342 valence electrons. The lowest BCUT2D eigenvalue weighted by Crippen LogP contribution is -2.57. The van der Waals surface area contributed by atoms with Crippen LogP contribution in [-0.2, 0) is 19.1 Å². The molecule has 14 nitrogen and oxygen atoms in total. The predicted octanol–water partition coefficient (Wildman–Crippen LogP) is 9.34. The second-order valence-corrected chi connectivity index (χ2v) is 21.6. The number of benzene rings is 2. The fourth-order valence-electron chi connectivity index (χ4n) is 8.55. The predicted molar refractivity (Wildman–Crippen MR) is 245 cm³/mol.